The van der Waals surface area contributed by atoms with E-state index in [1.807, 2.05) is 27.7 Å². The van der Waals surface area contributed by atoms with Gasteiger partial charge < -0.3 is 14.8 Å². The van der Waals surface area contributed by atoms with Gasteiger partial charge in [-0.3, -0.25) is 0 Å². The Morgan fingerprint density at radius 3 is 2.48 bits per heavy atom. The summed E-state index contributed by atoms with van der Waals surface area (Å²) in [6.07, 6.45) is 0.427. The maximum absolute atomic E-state index is 13.4. The Morgan fingerprint density at radius 1 is 1.33 bits per heavy atom. The van der Waals surface area contributed by atoms with Gasteiger partial charge in [0.1, 0.15) is 5.82 Å². The van der Waals surface area contributed by atoms with E-state index in [-0.39, 0.29) is 5.82 Å². The number of benzene rings is 1. The summed E-state index contributed by atoms with van der Waals surface area (Å²) in [5, 5.41) is 3.15. The van der Waals surface area contributed by atoms with Crippen LogP contribution in [0.15, 0.2) is 24.3 Å². The van der Waals surface area contributed by atoms with Crippen LogP contribution in [0.3, 0.4) is 0 Å². The monoisotopic (exact) mass is 295 g/mol. The van der Waals surface area contributed by atoms with Crippen LogP contribution < -0.4 is 5.32 Å². The molecular weight excluding hydrogens is 273 g/mol. The van der Waals surface area contributed by atoms with Gasteiger partial charge in [-0.1, -0.05) is 6.07 Å². The molecule has 2 rings (SSSR count). The molecule has 1 N–H and O–H groups in total. The van der Waals surface area contributed by atoms with Crippen molar-refractivity contribution < 1.29 is 18.7 Å². The molecule has 0 aliphatic carbocycles. The number of halogens is 1. The van der Waals surface area contributed by atoms with Crippen molar-refractivity contribution in [3.05, 3.63) is 30.1 Å². The van der Waals surface area contributed by atoms with Crippen LogP contribution in [0.5, 0.6) is 0 Å². The topological polar surface area (TPSA) is 47.6 Å². The standard InChI is InChI=1S/C16H22FNO3/c1-14(2)10-16(13(19)20-5,15(3,4)21-14)18-12-8-6-7-11(17)9-12/h6-9,18H,10H2,1-5H3. The van der Waals surface area contributed by atoms with Gasteiger partial charge >= 0.3 is 5.97 Å². The summed E-state index contributed by atoms with van der Waals surface area (Å²) < 4.78 is 24.4. The van der Waals surface area contributed by atoms with E-state index in [4.69, 9.17) is 9.47 Å². The molecule has 0 saturated carbocycles. The Labute approximate surface area is 124 Å². The van der Waals surface area contributed by atoms with Crippen LogP contribution in [0.4, 0.5) is 10.1 Å². The van der Waals surface area contributed by atoms with Gasteiger partial charge in [0.15, 0.2) is 5.54 Å². The molecule has 5 heteroatoms. The summed E-state index contributed by atoms with van der Waals surface area (Å²) in [5.74, 6) is -0.779. The third kappa shape index (κ3) is 2.75. The van der Waals surface area contributed by atoms with E-state index in [0.717, 1.165) is 0 Å². The van der Waals surface area contributed by atoms with E-state index in [1.165, 1.54) is 19.2 Å². The third-order valence-corrected chi connectivity index (χ3v) is 3.97. The maximum Gasteiger partial charge on any atom is 0.334 e. The minimum atomic E-state index is -1.07. The first-order valence-electron chi connectivity index (χ1n) is 6.94. The quantitative estimate of drug-likeness (QED) is 0.870. The first kappa shape index (κ1) is 15.8. The predicted octanol–water partition coefficient (Wildman–Crippen LogP) is 3.13. The number of hydrogen-bond acceptors (Lipinski definition) is 4. The molecule has 0 bridgehead atoms. The van der Waals surface area contributed by atoms with Crippen LogP contribution in [0, 0.1) is 5.82 Å². The van der Waals surface area contributed by atoms with Gasteiger partial charge in [0, 0.05) is 12.1 Å². The van der Waals surface area contributed by atoms with Crippen molar-refractivity contribution in [1.82, 2.24) is 0 Å². The largest absolute Gasteiger partial charge is 0.467 e. The number of methoxy groups -OCH3 is 1. The zero-order valence-corrected chi connectivity index (χ0v) is 13.1. The second-order valence-electron chi connectivity index (χ2n) is 6.58. The Balaban J connectivity index is 2.46. The molecule has 1 aliphatic rings. The van der Waals surface area contributed by atoms with Crippen LogP contribution in [-0.4, -0.2) is 29.8 Å². The number of nitrogens with one attached hydrogen (secondary N) is 1. The van der Waals surface area contributed by atoms with E-state index in [9.17, 15) is 9.18 Å². The highest BCUT2D eigenvalue weighted by atomic mass is 19.1. The maximum atomic E-state index is 13.4. The lowest BCUT2D eigenvalue weighted by atomic mass is 9.78. The van der Waals surface area contributed by atoms with Crippen molar-refractivity contribution in [3.8, 4) is 0 Å². The van der Waals surface area contributed by atoms with Crippen molar-refractivity contribution in [2.24, 2.45) is 0 Å². The van der Waals surface area contributed by atoms with Gasteiger partial charge in [-0.25, -0.2) is 9.18 Å². The number of esters is 1. The molecular formula is C16H22FNO3. The Bertz CT molecular complexity index is 556. The van der Waals surface area contributed by atoms with Gasteiger partial charge in [-0.15, -0.1) is 0 Å². The number of carbonyl (C=O) groups excluding carboxylic acids is 1. The molecule has 1 atom stereocenters. The van der Waals surface area contributed by atoms with Crippen molar-refractivity contribution in [1.29, 1.82) is 0 Å². The van der Waals surface area contributed by atoms with E-state index >= 15 is 0 Å². The number of rotatable bonds is 3. The molecule has 1 fully saturated rings. The first-order chi connectivity index (χ1) is 9.62. The number of hydrogen-bond donors (Lipinski definition) is 1. The van der Waals surface area contributed by atoms with Gasteiger partial charge in [-0.05, 0) is 45.9 Å². The zero-order valence-electron chi connectivity index (χ0n) is 13.1. The highest BCUT2D eigenvalue weighted by Crippen LogP contribution is 2.47. The molecule has 116 valence electrons. The highest BCUT2D eigenvalue weighted by molar-refractivity contribution is 5.87. The Hall–Kier alpha value is -1.62. The summed E-state index contributed by atoms with van der Waals surface area (Å²) in [5.41, 5.74) is -1.83. The van der Waals surface area contributed by atoms with Crippen molar-refractivity contribution >= 4 is 11.7 Å². The molecule has 1 saturated heterocycles. The summed E-state index contributed by atoms with van der Waals surface area (Å²) in [6, 6.07) is 6.02. The predicted molar refractivity (Wildman–Crippen MR) is 78.6 cm³/mol. The summed E-state index contributed by atoms with van der Waals surface area (Å²) in [7, 11) is 1.35. The lowest BCUT2D eigenvalue weighted by Crippen LogP contribution is -2.59. The van der Waals surface area contributed by atoms with Crippen LogP contribution in [0.1, 0.15) is 34.1 Å². The number of ether oxygens (including phenoxy) is 2. The number of carbonyl (C=O) groups is 1. The average molecular weight is 295 g/mol. The zero-order chi connectivity index (χ0) is 15.9. The van der Waals surface area contributed by atoms with Crippen LogP contribution in [0.25, 0.3) is 0 Å². The van der Waals surface area contributed by atoms with E-state index in [0.29, 0.717) is 12.1 Å². The molecule has 0 aromatic heterocycles. The molecule has 0 spiro atoms. The molecule has 1 unspecified atom stereocenters. The fourth-order valence-corrected chi connectivity index (χ4v) is 3.22. The molecule has 1 aromatic carbocycles. The molecule has 1 aliphatic heterocycles. The minimum Gasteiger partial charge on any atom is -0.467 e. The Kier molecular flexibility index (Phi) is 3.74. The van der Waals surface area contributed by atoms with E-state index in [2.05, 4.69) is 5.32 Å². The van der Waals surface area contributed by atoms with Crippen LogP contribution in [-0.2, 0) is 14.3 Å². The van der Waals surface area contributed by atoms with Gasteiger partial charge in [-0.2, -0.15) is 0 Å². The number of anilines is 1. The van der Waals surface area contributed by atoms with E-state index in [1.54, 1.807) is 12.1 Å². The fraction of sp³-hybridized carbons (Fsp3) is 0.562. The molecule has 21 heavy (non-hydrogen) atoms. The summed E-state index contributed by atoms with van der Waals surface area (Å²) >= 11 is 0. The lowest BCUT2D eigenvalue weighted by molar-refractivity contribution is -0.152. The smallest absolute Gasteiger partial charge is 0.334 e. The van der Waals surface area contributed by atoms with Gasteiger partial charge in [0.2, 0.25) is 0 Å². The fourth-order valence-electron chi connectivity index (χ4n) is 3.22. The molecule has 4 nitrogen and oxygen atoms in total. The van der Waals surface area contributed by atoms with Gasteiger partial charge in [0.25, 0.3) is 0 Å². The molecule has 1 aromatic rings. The molecule has 1 heterocycles. The van der Waals surface area contributed by atoms with Crippen molar-refractivity contribution in [3.63, 3.8) is 0 Å². The summed E-state index contributed by atoms with van der Waals surface area (Å²) in [4.78, 5) is 12.5. The van der Waals surface area contributed by atoms with E-state index < -0.39 is 22.7 Å². The average Bonchev–Trinajstić information content (AvgIpc) is 2.53. The van der Waals surface area contributed by atoms with Crippen LogP contribution in [0.2, 0.25) is 0 Å². The summed E-state index contributed by atoms with van der Waals surface area (Å²) in [6.45, 7) is 7.52. The first-order valence-corrected chi connectivity index (χ1v) is 6.94. The van der Waals surface area contributed by atoms with Gasteiger partial charge in [0.05, 0.1) is 18.3 Å². The SMILES string of the molecule is COC(=O)C1(Nc2cccc(F)c2)CC(C)(C)OC1(C)C. The lowest BCUT2D eigenvalue weighted by Gasteiger charge is -2.38. The van der Waals surface area contributed by atoms with Crippen LogP contribution >= 0.6 is 0 Å². The highest BCUT2D eigenvalue weighted by Gasteiger charge is 2.62. The molecule has 0 radical (unpaired) electrons. The van der Waals surface area contributed by atoms with Crippen molar-refractivity contribution in [2.45, 2.75) is 50.9 Å². The van der Waals surface area contributed by atoms with Crippen molar-refractivity contribution in [2.75, 3.05) is 12.4 Å². The third-order valence-electron chi connectivity index (χ3n) is 3.97. The Morgan fingerprint density at radius 2 is 2.00 bits per heavy atom. The normalized spacial score (nSPS) is 26.4. The second-order valence-corrected chi connectivity index (χ2v) is 6.58. The molecule has 0 amide bonds. The second kappa shape index (κ2) is 4.98. The minimum absolute atomic E-state index is 0.365.